The average molecular weight is 298 g/mol. The normalized spacial score (nSPS) is 17.9. The van der Waals surface area contributed by atoms with Gasteiger partial charge in [0.2, 0.25) is 0 Å². The number of hydrogen-bond donors (Lipinski definition) is 0. The lowest BCUT2D eigenvalue weighted by Gasteiger charge is -2.24. The van der Waals surface area contributed by atoms with Gasteiger partial charge in [-0.1, -0.05) is 20.8 Å². The third kappa shape index (κ3) is 3.85. The molecule has 0 heterocycles. The molecule has 1 aromatic carbocycles. The van der Waals surface area contributed by atoms with E-state index in [4.69, 9.17) is 0 Å². The second kappa shape index (κ2) is 6.18. The number of carbonyl (C=O) groups excluding carboxylic acids is 1. The maximum Gasteiger partial charge on any atom is 0.185 e. The van der Waals surface area contributed by atoms with E-state index in [1.807, 2.05) is 26.8 Å². The van der Waals surface area contributed by atoms with Crippen molar-refractivity contribution in [3.8, 4) is 0 Å². The molecule has 0 aromatic heterocycles. The Kier molecular flexibility index (Phi) is 4.50. The smallest absolute Gasteiger partial charge is 0.185 e. The van der Waals surface area contributed by atoms with Gasteiger partial charge in [-0.2, -0.15) is 10.2 Å². The van der Waals surface area contributed by atoms with Crippen LogP contribution in [-0.4, -0.2) is 5.78 Å². The number of ketones is 1. The molecule has 0 fully saturated rings. The predicted octanol–water partition coefficient (Wildman–Crippen LogP) is 5.29. The number of Topliss-reactive ketones (excluding diaryl/α,β-unsaturated/α-hetero) is 1. The molecule has 3 nitrogen and oxygen atoms in total. The predicted molar refractivity (Wildman–Crippen MR) is 85.3 cm³/mol. The van der Waals surface area contributed by atoms with Crippen molar-refractivity contribution in [1.82, 2.24) is 0 Å². The second-order valence-electron chi connectivity index (χ2n) is 6.29. The molecule has 1 aliphatic rings. The lowest BCUT2D eigenvalue weighted by Crippen LogP contribution is -2.21. The fraction of sp³-hybridized carbons (Fsp3) is 0.278. The summed E-state index contributed by atoms with van der Waals surface area (Å²) in [5.74, 6) is -0.237. The third-order valence-electron chi connectivity index (χ3n) is 3.31. The van der Waals surface area contributed by atoms with Crippen LogP contribution in [0.4, 0.5) is 10.1 Å². The molecule has 0 atom stereocenters. The molecule has 1 aliphatic carbocycles. The number of nitrogens with zero attached hydrogens (tertiary/aromatic N) is 2. The number of azo groups is 1. The van der Waals surface area contributed by atoms with Crippen LogP contribution in [0.15, 0.2) is 69.6 Å². The van der Waals surface area contributed by atoms with E-state index in [-0.39, 0.29) is 17.0 Å². The minimum atomic E-state index is -0.306. The molecule has 0 radical (unpaired) electrons. The zero-order chi connectivity index (χ0) is 16.3. The first-order valence-electron chi connectivity index (χ1n) is 7.09. The highest BCUT2D eigenvalue weighted by molar-refractivity contribution is 6.10. The van der Waals surface area contributed by atoms with Crippen LogP contribution in [-0.2, 0) is 4.79 Å². The maximum atomic E-state index is 12.8. The number of halogens is 1. The molecule has 1 aromatic rings. The number of benzene rings is 1. The zero-order valence-electron chi connectivity index (χ0n) is 13.2. The summed E-state index contributed by atoms with van der Waals surface area (Å²) in [6, 6.07) is 5.78. The van der Waals surface area contributed by atoms with Crippen molar-refractivity contribution >= 4 is 11.5 Å². The highest BCUT2D eigenvalue weighted by Gasteiger charge is 2.27. The van der Waals surface area contributed by atoms with Gasteiger partial charge in [-0.15, -0.1) is 0 Å². The maximum absolute atomic E-state index is 12.8. The lowest BCUT2D eigenvalue weighted by atomic mass is 9.78. The van der Waals surface area contributed by atoms with Crippen LogP contribution < -0.4 is 0 Å². The molecule has 0 aliphatic heterocycles. The molecular weight excluding hydrogens is 279 g/mol. The highest BCUT2D eigenvalue weighted by Crippen LogP contribution is 2.32. The van der Waals surface area contributed by atoms with E-state index in [0.29, 0.717) is 11.3 Å². The highest BCUT2D eigenvalue weighted by atomic mass is 19.1. The van der Waals surface area contributed by atoms with Crippen molar-refractivity contribution < 1.29 is 9.18 Å². The molecule has 4 heteroatoms. The van der Waals surface area contributed by atoms with Crippen molar-refractivity contribution in [2.75, 3.05) is 0 Å². The molecule has 0 saturated carbocycles. The molecule has 0 amide bonds. The zero-order valence-corrected chi connectivity index (χ0v) is 13.2. The molecule has 22 heavy (non-hydrogen) atoms. The van der Waals surface area contributed by atoms with Crippen LogP contribution in [0.25, 0.3) is 0 Å². The van der Waals surface area contributed by atoms with Gasteiger partial charge in [-0.05, 0) is 59.9 Å². The Morgan fingerprint density at radius 3 is 2.32 bits per heavy atom. The average Bonchev–Trinajstić information content (AvgIpc) is 2.43. The van der Waals surface area contributed by atoms with E-state index in [1.165, 1.54) is 12.1 Å². The number of allylic oxidation sites excluding steroid dienone is 5. The summed E-state index contributed by atoms with van der Waals surface area (Å²) in [6.45, 7) is 7.82. The molecule has 2 rings (SSSR count). The largest absolute Gasteiger partial charge is 0.289 e. The van der Waals surface area contributed by atoms with Crippen molar-refractivity contribution in [3.05, 3.63) is 65.2 Å². The molecular formula is C18H19FN2O. The van der Waals surface area contributed by atoms with Crippen molar-refractivity contribution in [2.45, 2.75) is 27.7 Å². The third-order valence-corrected chi connectivity index (χ3v) is 3.31. The van der Waals surface area contributed by atoms with Crippen LogP contribution in [0.3, 0.4) is 0 Å². The first-order chi connectivity index (χ1) is 10.3. The Balaban J connectivity index is 2.25. The molecule has 114 valence electrons. The van der Waals surface area contributed by atoms with Gasteiger partial charge in [0, 0.05) is 5.57 Å². The van der Waals surface area contributed by atoms with Gasteiger partial charge in [-0.3, -0.25) is 4.79 Å². The van der Waals surface area contributed by atoms with Gasteiger partial charge in [0.15, 0.2) is 5.78 Å². The summed E-state index contributed by atoms with van der Waals surface area (Å²) in [5, 5.41) is 8.02. The fourth-order valence-corrected chi connectivity index (χ4v) is 2.10. The fourth-order valence-electron chi connectivity index (χ4n) is 2.10. The van der Waals surface area contributed by atoms with Gasteiger partial charge in [0.25, 0.3) is 0 Å². The van der Waals surface area contributed by atoms with Crippen molar-refractivity contribution in [3.63, 3.8) is 0 Å². The molecule has 0 spiro atoms. The Morgan fingerprint density at radius 1 is 1.09 bits per heavy atom. The minimum absolute atomic E-state index is 0.0696. The van der Waals surface area contributed by atoms with E-state index >= 15 is 0 Å². The Bertz CT molecular complexity index is 702. The summed E-state index contributed by atoms with van der Waals surface area (Å²) in [4.78, 5) is 12.2. The molecule has 0 saturated heterocycles. The van der Waals surface area contributed by atoms with Crippen LogP contribution in [0, 0.1) is 11.2 Å². The Hall–Kier alpha value is -2.36. The van der Waals surface area contributed by atoms with E-state index in [9.17, 15) is 9.18 Å². The monoisotopic (exact) mass is 298 g/mol. The van der Waals surface area contributed by atoms with Gasteiger partial charge in [0.05, 0.1) is 11.9 Å². The van der Waals surface area contributed by atoms with Crippen molar-refractivity contribution in [2.24, 2.45) is 15.6 Å². The molecule has 0 N–H and O–H groups in total. The van der Waals surface area contributed by atoms with Crippen LogP contribution in [0.2, 0.25) is 0 Å². The topological polar surface area (TPSA) is 41.8 Å². The van der Waals surface area contributed by atoms with E-state index in [2.05, 4.69) is 10.2 Å². The number of hydrogen-bond acceptors (Lipinski definition) is 3. The van der Waals surface area contributed by atoms with Gasteiger partial charge < -0.3 is 0 Å². The van der Waals surface area contributed by atoms with Gasteiger partial charge in [-0.25, -0.2) is 4.39 Å². The minimum Gasteiger partial charge on any atom is -0.289 e. The molecule has 0 bridgehead atoms. The summed E-state index contributed by atoms with van der Waals surface area (Å²) < 4.78 is 12.8. The van der Waals surface area contributed by atoms with Crippen molar-refractivity contribution in [1.29, 1.82) is 0 Å². The summed E-state index contributed by atoms with van der Waals surface area (Å²) in [7, 11) is 0. The Morgan fingerprint density at radius 2 is 1.73 bits per heavy atom. The lowest BCUT2D eigenvalue weighted by molar-refractivity contribution is -0.113. The standard InChI is InChI=1S/C18H19FN2O/c1-12-9-13(10-16(17(12)22)18(2,3)4)11-20-21-15-7-5-14(19)6-8-15/h5-11H,1-4H3. The van der Waals surface area contributed by atoms with Crippen LogP contribution >= 0.6 is 0 Å². The van der Waals surface area contributed by atoms with E-state index in [0.717, 1.165) is 11.1 Å². The van der Waals surface area contributed by atoms with Crippen LogP contribution in [0.5, 0.6) is 0 Å². The quantitative estimate of drug-likeness (QED) is 0.683. The molecule has 0 unspecified atom stereocenters. The first-order valence-corrected chi connectivity index (χ1v) is 7.09. The second-order valence-corrected chi connectivity index (χ2v) is 6.29. The number of rotatable bonds is 2. The van der Waals surface area contributed by atoms with E-state index < -0.39 is 0 Å². The number of carbonyl (C=O) groups is 1. The van der Waals surface area contributed by atoms with E-state index in [1.54, 1.807) is 31.3 Å². The first kappa shape index (κ1) is 16.0. The SMILES string of the molecule is CC1=CC(=CN=Nc2ccc(F)cc2)C=C(C(C)(C)C)C1=O. The summed E-state index contributed by atoms with van der Waals surface area (Å²) in [6.07, 6.45) is 5.24. The summed E-state index contributed by atoms with van der Waals surface area (Å²) >= 11 is 0. The van der Waals surface area contributed by atoms with Gasteiger partial charge >= 0.3 is 0 Å². The Labute approximate surface area is 130 Å². The van der Waals surface area contributed by atoms with Crippen LogP contribution in [0.1, 0.15) is 27.7 Å². The summed E-state index contributed by atoms with van der Waals surface area (Å²) in [5.41, 5.74) is 2.63. The van der Waals surface area contributed by atoms with Gasteiger partial charge in [0.1, 0.15) is 5.82 Å².